The smallest absolute Gasteiger partial charge is 0.165 e. The van der Waals surface area contributed by atoms with Gasteiger partial charge in [0.25, 0.3) is 0 Å². The molecule has 1 aromatic carbocycles. The summed E-state index contributed by atoms with van der Waals surface area (Å²) < 4.78 is 18.2. The molecule has 4 heteroatoms. The first-order valence-corrected chi connectivity index (χ1v) is 4.88. The minimum absolute atomic E-state index is 0. The third kappa shape index (κ3) is 2.61. The molecule has 1 aromatic rings. The summed E-state index contributed by atoms with van der Waals surface area (Å²) in [5, 5.41) is 3.33. The third-order valence-electron chi connectivity index (χ3n) is 2.64. The van der Waals surface area contributed by atoms with Crippen LogP contribution in [-0.4, -0.2) is 13.7 Å². The largest absolute Gasteiger partial charge is 0.494 e. The van der Waals surface area contributed by atoms with Gasteiger partial charge in [-0.3, -0.25) is 0 Å². The van der Waals surface area contributed by atoms with Gasteiger partial charge in [0, 0.05) is 6.04 Å². The van der Waals surface area contributed by atoms with Gasteiger partial charge >= 0.3 is 0 Å². The average molecular weight is 232 g/mol. The Balaban J connectivity index is 0.00000112. The second-order valence-electron chi connectivity index (χ2n) is 3.54. The van der Waals surface area contributed by atoms with Gasteiger partial charge in [0.05, 0.1) is 7.11 Å². The van der Waals surface area contributed by atoms with Crippen molar-refractivity contribution in [2.45, 2.75) is 18.9 Å². The van der Waals surface area contributed by atoms with Gasteiger partial charge < -0.3 is 10.1 Å². The Labute approximate surface area is 95.2 Å². The van der Waals surface area contributed by atoms with E-state index in [1.54, 1.807) is 12.1 Å². The van der Waals surface area contributed by atoms with Crippen molar-refractivity contribution in [3.05, 3.63) is 29.6 Å². The lowest BCUT2D eigenvalue weighted by Crippen LogP contribution is -2.12. The monoisotopic (exact) mass is 231 g/mol. The minimum atomic E-state index is -0.279. The molecule has 2 nitrogen and oxygen atoms in total. The Hall–Kier alpha value is -0.800. The van der Waals surface area contributed by atoms with Crippen LogP contribution in [-0.2, 0) is 0 Å². The van der Waals surface area contributed by atoms with Crippen LogP contribution < -0.4 is 10.1 Å². The highest BCUT2D eigenvalue weighted by molar-refractivity contribution is 5.85. The van der Waals surface area contributed by atoms with E-state index in [9.17, 15) is 4.39 Å². The van der Waals surface area contributed by atoms with Crippen molar-refractivity contribution in [3.63, 3.8) is 0 Å². The van der Waals surface area contributed by atoms with Crippen LogP contribution in [0.15, 0.2) is 18.2 Å². The normalized spacial score (nSPS) is 19.7. The third-order valence-corrected chi connectivity index (χ3v) is 2.64. The molecule has 1 heterocycles. The van der Waals surface area contributed by atoms with E-state index in [-0.39, 0.29) is 18.2 Å². The number of ether oxygens (including phenoxy) is 1. The van der Waals surface area contributed by atoms with E-state index in [2.05, 4.69) is 5.32 Å². The molecular formula is C11H15ClFNO. The maximum atomic E-state index is 13.4. The molecule has 1 aliphatic rings. The molecule has 1 N–H and O–H groups in total. The summed E-state index contributed by atoms with van der Waals surface area (Å²) in [5.41, 5.74) is 1.01. The Bertz CT molecular complexity index is 326. The molecule has 1 fully saturated rings. The summed E-state index contributed by atoms with van der Waals surface area (Å²) in [4.78, 5) is 0. The van der Waals surface area contributed by atoms with Gasteiger partial charge in [-0.2, -0.15) is 0 Å². The van der Waals surface area contributed by atoms with Crippen LogP contribution in [0.4, 0.5) is 4.39 Å². The molecule has 84 valence electrons. The maximum Gasteiger partial charge on any atom is 0.165 e. The summed E-state index contributed by atoms with van der Waals surface area (Å²) in [7, 11) is 1.48. The number of hydrogen-bond donors (Lipinski definition) is 1. The van der Waals surface area contributed by atoms with Gasteiger partial charge in [-0.15, -0.1) is 12.4 Å². The van der Waals surface area contributed by atoms with Crippen molar-refractivity contribution in [1.82, 2.24) is 5.32 Å². The fourth-order valence-electron chi connectivity index (χ4n) is 1.87. The molecule has 0 unspecified atom stereocenters. The quantitative estimate of drug-likeness (QED) is 0.845. The minimum Gasteiger partial charge on any atom is -0.494 e. The molecule has 0 amide bonds. The summed E-state index contributed by atoms with van der Waals surface area (Å²) in [6, 6.07) is 5.48. The first kappa shape index (κ1) is 12.3. The van der Waals surface area contributed by atoms with E-state index in [0.29, 0.717) is 11.8 Å². The van der Waals surface area contributed by atoms with Gasteiger partial charge in [0.15, 0.2) is 11.6 Å². The van der Waals surface area contributed by atoms with Crippen LogP contribution in [0.2, 0.25) is 0 Å². The van der Waals surface area contributed by atoms with Crippen LogP contribution in [0.3, 0.4) is 0 Å². The molecule has 15 heavy (non-hydrogen) atoms. The highest BCUT2D eigenvalue weighted by atomic mass is 35.5. The number of hydrogen-bond acceptors (Lipinski definition) is 2. The summed E-state index contributed by atoms with van der Waals surface area (Å²) in [5.74, 6) is 0.0328. The second-order valence-corrected chi connectivity index (χ2v) is 3.54. The zero-order valence-corrected chi connectivity index (χ0v) is 9.44. The van der Waals surface area contributed by atoms with E-state index in [1.807, 2.05) is 6.07 Å². The van der Waals surface area contributed by atoms with Crippen molar-refractivity contribution in [3.8, 4) is 5.75 Å². The Morgan fingerprint density at radius 3 is 2.80 bits per heavy atom. The summed E-state index contributed by atoms with van der Waals surface area (Å²) in [6.45, 7) is 1.03. The SMILES string of the molecule is COc1ccc([C@H]2CCCN2)cc1F.Cl. The predicted octanol–water partition coefficient (Wildman–Crippen LogP) is 2.68. The zero-order chi connectivity index (χ0) is 9.97. The van der Waals surface area contributed by atoms with Crippen molar-refractivity contribution in [2.75, 3.05) is 13.7 Å². The van der Waals surface area contributed by atoms with Gasteiger partial charge in [0.1, 0.15) is 0 Å². The van der Waals surface area contributed by atoms with Crippen molar-refractivity contribution < 1.29 is 9.13 Å². The van der Waals surface area contributed by atoms with Gasteiger partial charge in [-0.1, -0.05) is 6.07 Å². The maximum absolute atomic E-state index is 13.4. The molecular weight excluding hydrogens is 217 g/mol. The van der Waals surface area contributed by atoms with E-state index in [1.165, 1.54) is 7.11 Å². The molecule has 1 saturated heterocycles. The van der Waals surface area contributed by atoms with E-state index < -0.39 is 0 Å². The molecule has 1 aliphatic heterocycles. The van der Waals surface area contributed by atoms with Crippen molar-refractivity contribution in [1.29, 1.82) is 0 Å². The fraction of sp³-hybridized carbons (Fsp3) is 0.455. The van der Waals surface area contributed by atoms with Crippen LogP contribution >= 0.6 is 12.4 Å². The molecule has 2 rings (SSSR count). The molecule has 0 radical (unpaired) electrons. The van der Waals surface area contributed by atoms with Crippen molar-refractivity contribution >= 4 is 12.4 Å². The lowest BCUT2D eigenvalue weighted by molar-refractivity contribution is 0.385. The average Bonchev–Trinajstić information content (AvgIpc) is 2.70. The number of methoxy groups -OCH3 is 1. The van der Waals surface area contributed by atoms with E-state index in [4.69, 9.17) is 4.74 Å². The Morgan fingerprint density at radius 2 is 2.27 bits per heavy atom. The molecule has 1 atom stereocenters. The molecule has 0 spiro atoms. The van der Waals surface area contributed by atoms with Crippen LogP contribution in [0, 0.1) is 5.82 Å². The van der Waals surface area contributed by atoms with Gasteiger partial charge in [-0.05, 0) is 37.1 Å². The Morgan fingerprint density at radius 1 is 1.47 bits per heavy atom. The summed E-state index contributed by atoms with van der Waals surface area (Å²) in [6.07, 6.45) is 2.25. The lowest BCUT2D eigenvalue weighted by Gasteiger charge is -2.11. The van der Waals surface area contributed by atoms with Crippen LogP contribution in [0.1, 0.15) is 24.4 Å². The molecule has 0 aromatic heterocycles. The number of rotatable bonds is 2. The first-order chi connectivity index (χ1) is 6.81. The lowest BCUT2D eigenvalue weighted by atomic mass is 10.1. The van der Waals surface area contributed by atoms with Gasteiger partial charge in [0.2, 0.25) is 0 Å². The highest BCUT2D eigenvalue weighted by Gasteiger charge is 2.17. The van der Waals surface area contributed by atoms with Gasteiger partial charge in [-0.25, -0.2) is 4.39 Å². The molecule has 0 aliphatic carbocycles. The number of halogens is 2. The standard InChI is InChI=1S/C11H14FNO.ClH/c1-14-11-5-4-8(7-9(11)12)10-3-2-6-13-10;/h4-5,7,10,13H,2-3,6H2,1H3;1H/t10-;/m1./s1. The first-order valence-electron chi connectivity index (χ1n) is 4.88. The highest BCUT2D eigenvalue weighted by Crippen LogP contribution is 2.26. The predicted molar refractivity (Wildman–Crippen MR) is 60.2 cm³/mol. The topological polar surface area (TPSA) is 21.3 Å². The molecule has 0 bridgehead atoms. The number of benzene rings is 1. The zero-order valence-electron chi connectivity index (χ0n) is 8.63. The number of nitrogens with one attached hydrogen (secondary N) is 1. The van der Waals surface area contributed by atoms with Crippen LogP contribution in [0.5, 0.6) is 5.75 Å². The fourth-order valence-corrected chi connectivity index (χ4v) is 1.87. The van der Waals surface area contributed by atoms with E-state index >= 15 is 0 Å². The molecule has 0 saturated carbocycles. The van der Waals surface area contributed by atoms with E-state index in [0.717, 1.165) is 24.9 Å². The summed E-state index contributed by atoms with van der Waals surface area (Å²) >= 11 is 0. The van der Waals surface area contributed by atoms with Crippen LogP contribution in [0.25, 0.3) is 0 Å². The second kappa shape index (κ2) is 5.33. The Kier molecular flexibility index (Phi) is 4.36. The van der Waals surface area contributed by atoms with Crippen molar-refractivity contribution in [2.24, 2.45) is 0 Å².